The molecule has 0 heterocycles. The zero-order valence-corrected chi connectivity index (χ0v) is 17.6. The fourth-order valence-electron chi connectivity index (χ4n) is 4.81. The van der Waals surface area contributed by atoms with Crippen molar-refractivity contribution in [2.45, 2.75) is 46.1 Å². The Morgan fingerprint density at radius 3 is 2.00 bits per heavy atom. The van der Waals surface area contributed by atoms with E-state index in [9.17, 15) is 18.4 Å². The van der Waals surface area contributed by atoms with Crippen LogP contribution in [0.1, 0.15) is 60.7 Å². The molecule has 160 valence electrons. The molecule has 2 N–H and O–H groups in total. The van der Waals surface area contributed by atoms with Gasteiger partial charge in [0, 0.05) is 12.6 Å². The zero-order valence-electron chi connectivity index (χ0n) is 17.6. The first-order valence-electron chi connectivity index (χ1n) is 10.2. The molecule has 0 radical (unpaired) electrons. The molecule has 0 aromatic heterocycles. The van der Waals surface area contributed by atoms with Crippen LogP contribution in [0.4, 0.5) is 8.78 Å². The van der Waals surface area contributed by atoms with Crippen molar-refractivity contribution in [3.63, 3.8) is 0 Å². The maximum absolute atomic E-state index is 14.0. The van der Waals surface area contributed by atoms with Crippen LogP contribution < -0.4 is 10.6 Å². The lowest BCUT2D eigenvalue weighted by molar-refractivity contribution is 0.0589. The third-order valence-corrected chi connectivity index (χ3v) is 5.69. The molecule has 0 aliphatic heterocycles. The average Bonchev–Trinajstić information content (AvgIpc) is 2.65. The molecular formula is C24H28F2N2O2. The van der Waals surface area contributed by atoms with Crippen LogP contribution in [0, 0.1) is 22.5 Å². The van der Waals surface area contributed by atoms with Gasteiger partial charge in [-0.2, -0.15) is 0 Å². The Hall–Kier alpha value is -2.76. The summed E-state index contributed by atoms with van der Waals surface area (Å²) in [6.07, 6.45) is 2.22. The van der Waals surface area contributed by atoms with Crippen molar-refractivity contribution in [2.75, 3.05) is 6.54 Å². The highest BCUT2D eigenvalue weighted by Crippen LogP contribution is 2.45. The van der Waals surface area contributed by atoms with Crippen LogP contribution in [0.3, 0.4) is 0 Å². The van der Waals surface area contributed by atoms with Gasteiger partial charge in [0.2, 0.25) is 0 Å². The fraction of sp³-hybridized carbons (Fsp3) is 0.417. The number of hydrogen-bond donors (Lipinski definition) is 2. The third kappa shape index (κ3) is 5.23. The first-order chi connectivity index (χ1) is 14.1. The van der Waals surface area contributed by atoms with Crippen molar-refractivity contribution < 1.29 is 18.4 Å². The summed E-state index contributed by atoms with van der Waals surface area (Å²) in [6.45, 7) is 6.64. The summed E-state index contributed by atoms with van der Waals surface area (Å²) in [7, 11) is 0. The van der Waals surface area contributed by atoms with Crippen LogP contribution in [0.25, 0.3) is 0 Å². The summed E-state index contributed by atoms with van der Waals surface area (Å²) in [5.41, 5.74) is -0.338. The minimum absolute atomic E-state index is 0.0144. The summed E-state index contributed by atoms with van der Waals surface area (Å²) in [6, 6.07) is 11.6. The van der Waals surface area contributed by atoms with Gasteiger partial charge >= 0.3 is 0 Å². The Bertz CT molecular complexity index is 944. The van der Waals surface area contributed by atoms with Gasteiger partial charge in [-0.05, 0) is 54.4 Å². The minimum atomic E-state index is -0.556. The van der Waals surface area contributed by atoms with Gasteiger partial charge in [-0.15, -0.1) is 0 Å². The second-order valence-electron chi connectivity index (χ2n) is 9.37. The van der Waals surface area contributed by atoms with E-state index in [1.54, 1.807) is 24.3 Å². The molecule has 2 atom stereocenters. The molecule has 1 saturated carbocycles. The third-order valence-electron chi connectivity index (χ3n) is 5.69. The molecular weight excluding hydrogens is 386 g/mol. The number of rotatable bonds is 5. The predicted molar refractivity (Wildman–Crippen MR) is 112 cm³/mol. The first-order valence-corrected chi connectivity index (χ1v) is 10.2. The first kappa shape index (κ1) is 21.9. The highest BCUT2D eigenvalue weighted by Gasteiger charge is 2.42. The average molecular weight is 414 g/mol. The highest BCUT2D eigenvalue weighted by molar-refractivity contribution is 5.95. The van der Waals surface area contributed by atoms with Crippen LogP contribution in [0.5, 0.6) is 0 Å². The van der Waals surface area contributed by atoms with Crippen molar-refractivity contribution in [1.29, 1.82) is 0 Å². The number of hydrogen-bond acceptors (Lipinski definition) is 2. The van der Waals surface area contributed by atoms with Gasteiger partial charge < -0.3 is 10.6 Å². The van der Waals surface area contributed by atoms with E-state index in [1.807, 2.05) is 0 Å². The number of carbonyl (C=O) groups is 2. The standard InChI is InChI=1S/C24H28F2N2O2/c1-23(2)12-16(28-22(30)18-9-5-7-11-20(18)26)13-24(3,14-23)15-27-21(29)17-8-4-6-10-19(17)25/h4-11,16H,12-15H2,1-3H3,(H,27,29)(H,28,30)/t16-,24-/m1/s1. The van der Waals surface area contributed by atoms with Crippen LogP contribution in [-0.2, 0) is 0 Å². The molecule has 30 heavy (non-hydrogen) atoms. The smallest absolute Gasteiger partial charge is 0.254 e. The molecule has 0 saturated heterocycles. The molecule has 0 spiro atoms. The monoisotopic (exact) mass is 414 g/mol. The summed E-state index contributed by atoms with van der Waals surface area (Å²) in [5, 5.41) is 5.81. The lowest BCUT2D eigenvalue weighted by Crippen LogP contribution is -2.50. The van der Waals surface area contributed by atoms with Gasteiger partial charge in [0.15, 0.2) is 0 Å². The zero-order chi connectivity index (χ0) is 21.9. The van der Waals surface area contributed by atoms with Crippen LogP contribution in [0.2, 0.25) is 0 Å². The number of amides is 2. The van der Waals surface area contributed by atoms with Gasteiger partial charge in [-0.25, -0.2) is 8.78 Å². The largest absolute Gasteiger partial charge is 0.351 e. The lowest BCUT2D eigenvalue weighted by atomic mass is 9.62. The Morgan fingerprint density at radius 2 is 1.43 bits per heavy atom. The Labute approximate surface area is 176 Å². The molecule has 1 aliphatic carbocycles. The fourth-order valence-corrected chi connectivity index (χ4v) is 4.81. The Balaban J connectivity index is 1.69. The molecule has 2 amide bonds. The molecule has 0 bridgehead atoms. The quantitative estimate of drug-likeness (QED) is 0.745. The Kier molecular flexibility index (Phi) is 6.25. The van der Waals surface area contributed by atoms with Crippen molar-refractivity contribution in [3.8, 4) is 0 Å². The Morgan fingerprint density at radius 1 is 0.900 bits per heavy atom. The van der Waals surface area contributed by atoms with E-state index in [1.165, 1.54) is 24.3 Å². The van der Waals surface area contributed by atoms with Crippen molar-refractivity contribution in [1.82, 2.24) is 10.6 Å². The number of benzene rings is 2. The van der Waals surface area contributed by atoms with Gasteiger partial charge in [0.05, 0.1) is 11.1 Å². The second-order valence-corrected chi connectivity index (χ2v) is 9.37. The van der Waals surface area contributed by atoms with E-state index < -0.39 is 23.4 Å². The van der Waals surface area contributed by atoms with Gasteiger partial charge in [0.25, 0.3) is 11.8 Å². The normalized spacial score (nSPS) is 22.9. The van der Waals surface area contributed by atoms with Crippen molar-refractivity contribution in [2.24, 2.45) is 10.8 Å². The molecule has 2 aromatic rings. The molecule has 3 rings (SSSR count). The molecule has 0 unspecified atom stereocenters. The summed E-state index contributed by atoms with van der Waals surface area (Å²) < 4.78 is 27.8. The van der Waals surface area contributed by atoms with Gasteiger partial charge in [-0.1, -0.05) is 45.0 Å². The van der Waals surface area contributed by atoms with Crippen molar-refractivity contribution >= 4 is 11.8 Å². The van der Waals surface area contributed by atoms with Gasteiger partial charge in [0.1, 0.15) is 11.6 Å². The van der Waals surface area contributed by atoms with Crippen LogP contribution >= 0.6 is 0 Å². The van der Waals surface area contributed by atoms with E-state index in [4.69, 9.17) is 0 Å². The topological polar surface area (TPSA) is 58.2 Å². The summed E-state index contributed by atoms with van der Waals surface area (Å²) in [5.74, 6) is -2.00. The molecule has 1 aliphatic rings. The number of nitrogens with one attached hydrogen (secondary N) is 2. The number of halogens is 2. The molecule has 1 fully saturated rings. The minimum Gasteiger partial charge on any atom is -0.351 e. The van der Waals surface area contributed by atoms with Crippen LogP contribution in [0.15, 0.2) is 48.5 Å². The van der Waals surface area contributed by atoms with Gasteiger partial charge in [-0.3, -0.25) is 9.59 Å². The summed E-state index contributed by atoms with van der Waals surface area (Å²) >= 11 is 0. The lowest BCUT2D eigenvalue weighted by Gasteiger charge is -2.47. The maximum atomic E-state index is 14.0. The van der Waals surface area contributed by atoms with Crippen LogP contribution in [-0.4, -0.2) is 24.4 Å². The maximum Gasteiger partial charge on any atom is 0.254 e. The van der Waals surface area contributed by atoms with E-state index >= 15 is 0 Å². The molecule has 4 nitrogen and oxygen atoms in total. The van der Waals surface area contributed by atoms with Crippen molar-refractivity contribution in [3.05, 3.63) is 71.3 Å². The number of carbonyl (C=O) groups excluding carboxylic acids is 2. The van der Waals surface area contributed by atoms with E-state index in [2.05, 4.69) is 31.4 Å². The van der Waals surface area contributed by atoms with E-state index in [-0.39, 0.29) is 28.0 Å². The second kappa shape index (κ2) is 8.54. The highest BCUT2D eigenvalue weighted by atomic mass is 19.1. The SMILES string of the molecule is CC1(C)C[C@@H](NC(=O)c2ccccc2F)C[C@@](C)(CNC(=O)c2ccccc2F)C1. The molecule has 6 heteroatoms. The molecule has 2 aromatic carbocycles. The predicted octanol–water partition coefficient (Wildman–Crippen LogP) is 4.71. The van der Waals surface area contributed by atoms with E-state index in [0.717, 1.165) is 12.8 Å². The van der Waals surface area contributed by atoms with E-state index in [0.29, 0.717) is 13.0 Å². The summed E-state index contributed by atoms with van der Waals surface area (Å²) in [4.78, 5) is 25.0.